The van der Waals surface area contributed by atoms with Crippen LogP contribution >= 0.6 is 11.6 Å². The van der Waals surface area contributed by atoms with Gasteiger partial charge in [0, 0.05) is 18.3 Å². The van der Waals surface area contributed by atoms with Crippen molar-refractivity contribution in [2.45, 2.75) is 19.0 Å². The Balaban J connectivity index is 1.82. The van der Waals surface area contributed by atoms with E-state index in [0.717, 1.165) is 5.56 Å². The van der Waals surface area contributed by atoms with Gasteiger partial charge in [0.1, 0.15) is 0 Å². The third kappa shape index (κ3) is 4.82. The Morgan fingerprint density at radius 3 is 2.46 bits per heavy atom. The molecule has 28 heavy (non-hydrogen) atoms. The molecule has 2 aromatic rings. The molecular formula is C19H20ClN3O4S. The van der Waals surface area contributed by atoms with Crippen molar-refractivity contribution in [1.29, 1.82) is 0 Å². The van der Waals surface area contributed by atoms with Crippen LogP contribution in [0.4, 0.5) is 10.5 Å². The molecule has 1 fully saturated rings. The summed E-state index contributed by atoms with van der Waals surface area (Å²) in [6.45, 7) is 0.278. The van der Waals surface area contributed by atoms with Crippen LogP contribution in [0.3, 0.4) is 0 Å². The van der Waals surface area contributed by atoms with Crippen LogP contribution in [0.2, 0.25) is 5.02 Å². The number of amides is 3. The first-order chi connectivity index (χ1) is 13.2. The normalized spacial score (nSPS) is 17.8. The van der Waals surface area contributed by atoms with Gasteiger partial charge in [0.2, 0.25) is 5.91 Å². The number of hydrogen-bond donors (Lipinski definition) is 2. The van der Waals surface area contributed by atoms with Gasteiger partial charge in [-0.05, 0) is 30.2 Å². The van der Waals surface area contributed by atoms with Crippen LogP contribution in [0.25, 0.3) is 0 Å². The molecule has 3 rings (SSSR count). The van der Waals surface area contributed by atoms with Crippen LogP contribution in [0.15, 0.2) is 48.5 Å². The number of nitrogens with zero attached hydrogens (tertiary/aromatic N) is 1. The van der Waals surface area contributed by atoms with E-state index in [2.05, 4.69) is 5.32 Å². The molecule has 1 saturated heterocycles. The number of halogens is 1. The number of primary amides is 1. The number of urea groups is 1. The number of carbonyl (C=O) groups excluding carboxylic acids is 2. The summed E-state index contributed by atoms with van der Waals surface area (Å²) < 4.78 is 23.8. The third-order valence-corrected chi connectivity index (χ3v) is 6.65. The first-order valence-corrected chi connectivity index (χ1v) is 10.9. The SMILES string of the molecule is NC(=O)c1ccc(NC(=O)N(Cc2ccccc2)C2CCS(=O)(=O)C2)cc1Cl. The fourth-order valence-electron chi connectivity index (χ4n) is 3.16. The van der Waals surface area contributed by atoms with Gasteiger partial charge in [0.15, 0.2) is 9.84 Å². The zero-order chi connectivity index (χ0) is 20.3. The standard InChI is InChI=1S/C19H20ClN3O4S/c20-17-10-14(6-7-16(17)18(21)24)22-19(25)23(11-13-4-2-1-3-5-13)15-8-9-28(26,27)12-15/h1-7,10,15H,8-9,11-12H2,(H2,21,24)(H,22,25). The quantitative estimate of drug-likeness (QED) is 0.773. The maximum absolute atomic E-state index is 12.9. The molecule has 0 aromatic heterocycles. The largest absolute Gasteiger partial charge is 0.366 e. The molecule has 1 atom stereocenters. The molecule has 2 aromatic carbocycles. The fraction of sp³-hybridized carbons (Fsp3) is 0.263. The highest BCUT2D eigenvalue weighted by Gasteiger charge is 2.34. The summed E-state index contributed by atoms with van der Waals surface area (Å²) in [6.07, 6.45) is 0.393. The number of nitrogens with two attached hydrogens (primary N) is 1. The molecule has 148 valence electrons. The van der Waals surface area contributed by atoms with Gasteiger partial charge in [-0.25, -0.2) is 13.2 Å². The molecule has 3 amide bonds. The van der Waals surface area contributed by atoms with E-state index < -0.39 is 27.8 Å². The van der Waals surface area contributed by atoms with Gasteiger partial charge in [0.05, 0.1) is 22.1 Å². The van der Waals surface area contributed by atoms with Crippen molar-refractivity contribution in [2.24, 2.45) is 5.73 Å². The van der Waals surface area contributed by atoms with E-state index in [9.17, 15) is 18.0 Å². The molecule has 3 N–H and O–H groups in total. The van der Waals surface area contributed by atoms with Crippen LogP contribution < -0.4 is 11.1 Å². The summed E-state index contributed by atoms with van der Waals surface area (Å²) in [4.78, 5) is 25.7. The predicted octanol–water partition coefficient (Wildman–Crippen LogP) is 2.66. The second-order valence-corrected chi connectivity index (χ2v) is 9.30. The number of benzene rings is 2. The molecule has 0 saturated carbocycles. The molecule has 9 heteroatoms. The minimum Gasteiger partial charge on any atom is -0.366 e. The van der Waals surface area contributed by atoms with Crippen LogP contribution in [-0.2, 0) is 16.4 Å². The molecule has 1 unspecified atom stereocenters. The van der Waals surface area contributed by atoms with E-state index in [1.807, 2.05) is 30.3 Å². The van der Waals surface area contributed by atoms with Gasteiger partial charge in [-0.1, -0.05) is 41.9 Å². The summed E-state index contributed by atoms with van der Waals surface area (Å²) in [6, 6.07) is 12.9. The Labute approximate surface area is 168 Å². The Bertz CT molecular complexity index is 995. The van der Waals surface area contributed by atoms with Crippen molar-refractivity contribution in [3.8, 4) is 0 Å². The molecule has 0 spiro atoms. The zero-order valence-electron chi connectivity index (χ0n) is 15.0. The summed E-state index contributed by atoms with van der Waals surface area (Å²) >= 11 is 6.04. The second-order valence-electron chi connectivity index (χ2n) is 6.66. The first-order valence-electron chi connectivity index (χ1n) is 8.66. The highest BCUT2D eigenvalue weighted by atomic mass is 35.5. The van der Waals surface area contributed by atoms with Crippen molar-refractivity contribution in [1.82, 2.24) is 4.90 Å². The van der Waals surface area contributed by atoms with Crippen LogP contribution in [0.5, 0.6) is 0 Å². The van der Waals surface area contributed by atoms with Crippen molar-refractivity contribution in [3.05, 3.63) is 64.7 Å². The van der Waals surface area contributed by atoms with Gasteiger partial charge in [-0.2, -0.15) is 0 Å². The van der Waals surface area contributed by atoms with Gasteiger partial charge < -0.3 is 16.0 Å². The van der Waals surface area contributed by atoms with E-state index in [0.29, 0.717) is 12.1 Å². The van der Waals surface area contributed by atoms with Gasteiger partial charge in [-0.3, -0.25) is 4.79 Å². The minimum atomic E-state index is -3.16. The maximum Gasteiger partial charge on any atom is 0.322 e. The fourth-order valence-corrected chi connectivity index (χ4v) is 5.16. The summed E-state index contributed by atoms with van der Waals surface area (Å²) in [5, 5.41) is 2.86. The summed E-state index contributed by atoms with van der Waals surface area (Å²) in [7, 11) is -3.16. The molecular weight excluding hydrogens is 402 g/mol. The van der Waals surface area contributed by atoms with E-state index in [1.54, 1.807) is 0 Å². The first kappa shape index (κ1) is 20.2. The van der Waals surface area contributed by atoms with E-state index in [-0.39, 0.29) is 28.6 Å². The molecule has 1 aliphatic rings. The lowest BCUT2D eigenvalue weighted by atomic mass is 10.1. The van der Waals surface area contributed by atoms with Crippen molar-refractivity contribution in [3.63, 3.8) is 0 Å². The van der Waals surface area contributed by atoms with E-state index in [1.165, 1.54) is 23.1 Å². The Hall–Kier alpha value is -2.58. The molecule has 7 nitrogen and oxygen atoms in total. The average molecular weight is 422 g/mol. The van der Waals surface area contributed by atoms with Crippen molar-refractivity contribution >= 4 is 39.1 Å². The molecule has 0 bridgehead atoms. The van der Waals surface area contributed by atoms with E-state index >= 15 is 0 Å². The van der Waals surface area contributed by atoms with Gasteiger partial charge >= 0.3 is 6.03 Å². The number of carbonyl (C=O) groups is 2. The molecule has 1 heterocycles. The monoisotopic (exact) mass is 421 g/mol. The zero-order valence-corrected chi connectivity index (χ0v) is 16.5. The van der Waals surface area contributed by atoms with Crippen LogP contribution in [0.1, 0.15) is 22.3 Å². The van der Waals surface area contributed by atoms with Crippen molar-refractivity contribution in [2.75, 3.05) is 16.8 Å². The summed E-state index contributed by atoms with van der Waals surface area (Å²) in [5.74, 6) is -0.658. The Morgan fingerprint density at radius 1 is 1.18 bits per heavy atom. The summed E-state index contributed by atoms with van der Waals surface area (Å²) in [5.41, 5.74) is 6.67. The molecule has 1 aliphatic heterocycles. The predicted molar refractivity (Wildman–Crippen MR) is 108 cm³/mol. The van der Waals surface area contributed by atoms with Gasteiger partial charge in [0.25, 0.3) is 0 Å². The lowest BCUT2D eigenvalue weighted by molar-refractivity contribution is 0.100. The lowest BCUT2D eigenvalue weighted by Gasteiger charge is -2.28. The smallest absolute Gasteiger partial charge is 0.322 e. The lowest BCUT2D eigenvalue weighted by Crippen LogP contribution is -2.43. The Kier molecular flexibility index (Phi) is 5.90. The maximum atomic E-state index is 12.9. The van der Waals surface area contributed by atoms with Crippen LogP contribution in [0, 0.1) is 0 Å². The number of sulfone groups is 1. The molecule has 0 radical (unpaired) electrons. The van der Waals surface area contributed by atoms with Gasteiger partial charge in [-0.15, -0.1) is 0 Å². The highest BCUT2D eigenvalue weighted by Crippen LogP contribution is 2.24. The Morgan fingerprint density at radius 2 is 1.89 bits per heavy atom. The molecule has 0 aliphatic carbocycles. The number of anilines is 1. The number of rotatable bonds is 5. The van der Waals surface area contributed by atoms with Crippen molar-refractivity contribution < 1.29 is 18.0 Å². The second kappa shape index (κ2) is 8.20. The van der Waals surface area contributed by atoms with E-state index in [4.69, 9.17) is 17.3 Å². The highest BCUT2D eigenvalue weighted by molar-refractivity contribution is 7.91. The average Bonchev–Trinajstić information content (AvgIpc) is 2.99. The number of nitrogens with one attached hydrogen (secondary N) is 1. The minimum absolute atomic E-state index is 0.0609. The third-order valence-electron chi connectivity index (χ3n) is 4.59. The van der Waals surface area contributed by atoms with Crippen LogP contribution in [-0.4, -0.2) is 42.8 Å². The topological polar surface area (TPSA) is 110 Å². The number of hydrogen-bond acceptors (Lipinski definition) is 4.